The lowest BCUT2D eigenvalue weighted by atomic mass is 10.2. The molecule has 0 amide bonds. The van der Waals surface area contributed by atoms with Gasteiger partial charge in [-0.05, 0) is 13.0 Å². The van der Waals surface area contributed by atoms with Gasteiger partial charge in [0, 0.05) is 11.0 Å². The first kappa shape index (κ1) is 11.2. The van der Waals surface area contributed by atoms with E-state index < -0.39 is 0 Å². The van der Waals surface area contributed by atoms with Gasteiger partial charge in [-0.3, -0.25) is 0 Å². The van der Waals surface area contributed by atoms with Gasteiger partial charge < -0.3 is 5.32 Å². The predicted octanol–water partition coefficient (Wildman–Crippen LogP) is 3.06. The molecule has 0 saturated carbocycles. The van der Waals surface area contributed by atoms with Crippen LogP contribution in [0.4, 0.5) is 0 Å². The van der Waals surface area contributed by atoms with Crippen molar-refractivity contribution in [3.63, 3.8) is 0 Å². The van der Waals surface area contributed by atoms with E-state index in [0.717, 1.165) is 17.6 Å². The first-order valence-corrected chi connectivity index (χ1v) is 5.10. The summed E-state index contributed by atoms with van der Waals surface area (Å²) in [6.07, 6.45) is 5.30. The monoisotopic (exact) mass is 219 g/mol. The van der Waals surface area contributed by atoms with E-state index in [-0.39, 0.29) is 0 Å². The second kappa shape index (κ2) is 8.28. The maximum Gasteiger partial charge on any atom is 0.0265 e. The Kier molecular flexibility index (Phi) is 8.41. The molecule has 2 heteroatoms. The Labute approximate surface area is 78.4 Å². The van der Waals surface area contributed by atoms with Crippen LogP contribution in [0.1, 0.15) is 32.6 Å². The van der Waals surface area contributed by atoms with Crippen molar-refractivity contribution in [2.24, 2.45) is 0 Å². The highest BCUT2D eigenvalue weighted by Crippen LogP contribution is 1.99. The third-order valence-corrected chi connectivity index (χ3v) is 1.80. The van der Waals surface area contributed by atoms with Crippen molar-refractivity contribution in [3.05, 3.63) is 11.1 Å². The molecule has 0 aromatic rings. The zero-order chi connectivity index (χ0) is 8.53. The number of rotatable bonds is 7. The van der Waals surface area contributed by atoms with Crippen molar-refractivity contribution in [2.45, 2.75) is 32.6 Å². The minimum absolute atomic E-state index is 0.895. The summed E-state index contributed by atoms with van der Waals surface area (Å²) in [5, 5.41) is 3.30. The molecule has 0 radical (unpaired) electrons. The van der Waals surface area contributed by atoms with Crippen LogP contribution >= 0.6 is 15.9 Å². The molecule has 0 heterocycles. The van der Waals surface area contributed by atoms with Crippen LogP contribution in [0.15, 0.2) is 11.1 Å². The van der Waals surface area contributed by atoms with E-state index in [1.165, 1.54) is 25.7 Å². The van der Waals surface area contributed by atoms with Crippen LogP contribution in [-0.4, -0.2) is 13.1 Å². The number of halogens is 1. The Bertz CT molecular complexity index is 102. The van der Waals surface area contributed by atoms with Crippen LogP contribution in [-0.2, 0) is 0 Å². The highest BCUT2D eigenvalue weighted by atomic mass is 79.9. The summed E-state index contributed by atoms with van der Waals surface area (Å²) in [6, 6.07) is 0. The van der Waals surface area contributed by atoms with E-state index in [2.05, 4.69) is 34.7 Å². The van der Waals surface area contributed by atoms with Crippen molar-refractivity contribution in [2.75, 3.05) is 13.1 Å². The number of unbranched alkanes of at least 4 members (excludes halogenated alkanes) is 3. The summed E-state index contributed by atoms with van der Waals surface area (Å²) < 4.78 is 1.04. The minimum atomic E-state index is 0.895. The molecule has 0 aliphatic carbocycles. The fraction of sp³-hybridized carbons (Fsp3) is 0.778. The van der Waals surface area contributed by atoms with E-state index in [1.54, 1.807) is 0 Å². The van der Waals surface area contributed by atoms with Crippen LogP contribution in [0.3, 0.4) is 0 Å². The SMILES string of the molecule is C=C(Br)CNCCCCCC. The smallest absolute Gasteiger partial charge is 0.0265 e. The standard InChI is InChI=1S/C9H18BrN/c1-3-4-5-6-7-11-8-9(2)10/h11H,2-8H2,1H3. The predicted molar refractivity (Wildman–Crippen MR) is 55.1 cm³/mol. The van der Waals surface area contributed by atoms with Gasteiger partial charge in [0.2, 0.25) is 0 Å². The van der Waals surface area contributed by atoms with E-state index >= 15 is 0 Å². The molecule has 11 heavy (non-hydrogen) atoms. The van der Waals surface area contributed by atoms with Gasteiger partial charge >= 0.3 is 0 Å². The molecule has 0 unspecified atom stereocenters. The Morgan fingerprint density at radius 2 is 2.09 bits per heavy atom. The third kappa shape index (κ3) is 10.2. The van der Waals surface area contributed by atoms with Crippen LogP contribution in [0.2, 0.25) is 0 Å². The Morgan fingerprint density at radius 1 is 1.36 bits per heavy atom. The van der Waals surface area contributed by atoms with Gasteiger partial charge in [-0.15, -0.1) is 0 Å². The topological polar surface area (TPSA) is 12.0 Å². The number of hydrogen-bond acceptors (Lipinski definition) is 1. The zero-order valence-electron chi connectivity index (χ0n) is 7.33. The summed E-state index contributed by atoms with van der Waals surface area (Å²) in [4.78, 5) is 0. The second-order valence-electron chi connectivity index (χ2n) is 2.75. The second-order valence-corrected chi connectivity index (χ2v) is 3.88. The number of nitrogens with one attached hydrogen (secondary N) is 1. The van der Waals surface area contributed by atoms with Gasteiger partial charge in [0.15, 0.2) is 0 Å². The van der Waals surface area contributed by atoms with Crippen LogP contribution < -0.4 is 5.32 Å². The van der Waals surface area contributed by atoms with E-state index in [4.69, 9.17) is 0 Å². The highest BCUT2D eigenvalue weighted by molar-refractivity contribution is 9.11. The molecule has 66 valence electrons. The molecule has 0 aromatic carbocycles. The highest BCUT2D eigenvalue weighted by Gasteiger charge is 1.88. The van der Waals surface area contributed by atoms with Gasteiger partial charge in [0.1, 0.15) is 0 Å². The van der Waals surface area contributed by atoms with Crippen molar-refractivity contribution >= 4 is 15.9 Å². The third-order valence-electron chi connectivity index (χ3n) is 1.52. The Balaban J connectivity index is 2.85. The summed E-state index contributed by atoms with van der Waals surface area (Å²) >= 11 is 3.30. The molecule has 0 aliphatic heterocycles. The molecule has 0 rings (SSSR count). The van der Waals surface area contributed by atoms with Crippen molar-refractivity contribution in [3.8, 4) is 0 Å². The lowest BCUT2D eigenvalue weighted by Gasteiger charge is -2.01. The molecular formula is C9H18BrN. The summed E-state index contributed by atoms with van der Waals surface area (Å²) in [5.74, 6) is 0. The first-order chi connectivity index (χ1) is 5.27. The van der Waals surface area contributed by atoms with E-state index in [1.807, 2.05) is 0 Å². The molecular weight excluding hydrogens is 202 g/mol. The number of hydrogen-bond donors (Lipinski definition) is 1. The van der Waals surface area contributed by atoms with Gasteiger partial charge in [0.05, 0.1) is 0 Å². The first-order valence-electron chi connectivity index (χ1n) is 4.31. The van der Waals surface area contributed by atoms with E-state index in [9.17, 15) is 0 Å². The normalized spacial score (nSPS) is 10.0. The average molecular weight is 220 g/mol. The molecule has 0 fully saturated rings. The molecule has 1 N–H and O–H groups in total. The average Bonchev–Trinajstić information content (AvgIpc) is 1.96. The molecule has 0 atom stereocenters. The Hall–Kier alpha value is 0.180. The molecule has 0 saturated heterocycles. The molecule has 0 spiro atoms. The van der Waals surface area contributed by atoms with Gasteiger partial charge in [-0.2, -0.15) is 0 Å². The van der Waals surface area contributed by atoms with Gasteiger partial charge in [0.25, 0.3) is 0 Å². The van der Waals surface area contributed by atoms with Crippen molar-refractivity contribution in [1.82, 2.24) is 5.32 Å². The maximum atomic E-state index is 3.74. The lowest BCUT2D eigenvalue weighted by molar-refractivity contribution is 0.620. The molecule has 1 nitrogen and oxygen atoms in total. The summed E-state index contributed by atoms with van der Waals surface area (Å²) in [7, 11) is 0. The zero-order valence-corrected chi connectivity index (χ0v) is 8.91. The lowest BCUT2D eigenvalue weighted by Crippen LogP contribution is -2.16. The molecule has 0 aromatic heterocycles. The summed E-state index contributed by atoms with van der Waals surface area (Å²) in [6.45, 7) is 7.98. The van der Waals surface area contributed by atoms with Gasteiger partial charge in [-0.25, -0.2) is 0 Å². The van der Waals surface area contributed by atoms with Gasteiger partial charge in [-0.1, -0.05) is 48.7 Å². The van der Waals surface area contributed by atoms with E-state index in [0.29, 0.717) is 0 Å². The fourth-order valence-electron chi connectivity index (χ4n) is 0.901. The molecule has 0 aliphatic rings. The summed E-state index contributed by atoms with van der Waals surface area (Å²) in [5.41, 5.74) is 0. The van der Waals surface area contributed by atoms with Crippen molar-refractivity contribution < 1.29 is 0 Å². The largest absolute Gasteiger partial charge is 0.312 e. The quantitative estimate of drug-likeness (QED) is 0.650. The van der Waals surface area contributed by atoms with Crippen LogP contribution in [0, 0.1) is 0 Å². The Morgan fingerprint density at radius 3 is 2.64 bits per heavy atom. The van der Waals surface area contributed by atoms with Crippen LogP contribution in [0.25, 0.3) is 0 Å². The van der Waals surface area contributed by atoms with Crippen molar-refractivity contribution in [1.29, 1.82) is 0 Å². The molecule has 0 bridgehead atoms. The maximum absolute atomic E-state index is 3.74. The fourth-order valence-corrected chi connectivity index (χ4v) is 1.10. The van der Waals surface area contributed by atoms with Crippen LogP contribution in [0.5, 0.6) is 0 Å². The minimum Gasteiger partial charge on any atom is -0.312 e.